The van der Waals surface area contributed by atoms with E-state index in [9.17, 15) is 45.6 Å². The molecule has 0 aliphatic carbocycles. The largest absolute Gasteiger partial charge is 0.394 e. The van der Waals surface area contributed by atoms with Gasteiger partial charge in [0.15, 0.2) is 12.6 Å². The van der Waals surface area contributed by atoms with Crippen LogP contribution in [0.15, 0.2) is 12.2 Å². The van der Waals surface area contributed by atoms with Crippen LogP contribution in [-0.4, -0.2) is 140 Å². The van der Waals surface area contributed by atoms with Crippen LogP contribution in [0.3, 0.4) is 0 Å². The Morgan fingerprint density at radius 3 is 1.53 bits per heavy atom. The molecule has 9 N–H and O–H groups in total. The van der Waals surface area contributed by atoms with E-state index in [2.05, 4.69) is 31.3 Å². The molecule has 0 spiro atoms. The predicted molar refractivity (Wildman–Crippen MR) is 240 cm³/mol. The van der Waals surface area contributed by atoms with Gasteiger partial charge in [-0.15, -0.1) is 0 Å². The topological polar surface area (TPSA) is 228 Å². The summed E-state index contributed by atoms with van der Waals surface area (Å²) in [6.45, 7) is 2.83. The van der Waals surface area contributed by atoms with Crippen LogP contribution in [0.25, 0.3) is 0 Å². The van der Waals surface area contributed by atoms with Crippen molar-refractivity contribution in [2.75, 3.05) is 19.8 Å². The van der Waals surface area contributed by atoms with Gasteiger partial charge in [-0.2, -0.15) is 0 Å². The van der Waals surface area contributed by atoms with Crippen molar-refractivity contribution < 1.29 is 64.6 Å². The lowest BCUT2D eigenvalue weighted by Crippen LogP contribution is -2.65. The van der Waals surface area contributed by atoms with Gasteiger partial charge in [0.2, 0.25) is 5.91 Å². The minimum atomic E-state index is -1.78. The molecular weight excluding hydrogens is 799 g/mol. The number of hydrogen-bond donors (Lipinski definition) is 9. The maximum Gasteiger partial charge on any atom is 0.220 e. The first kappa shape index (κ1) is 56.9. The summed E-state index contributed by atoms with van der Waals surface area (Å²) in [5.41, 5.74) is 0. The summed E-state index contributed by atoms with van der Waals surface area (Å²) >= 11 is 0. The van der Waals surface area contributed by atoms with Gasteiger partial charge in [0.05, 0.1) is 32.0 Å². The van der Waals surface area contributed by atoms with Gasteiger partial charge in [0.25, 0.3) is 0 Å². The van der Waals surface area contributed by atoms with Crippen LogP contribution in [0.5, 0.6) is 0 Å². The van der Waals surface area contributed by atoms with Crippen molar-refractivity contribution >= 4 is 5.91 Å². The molecule has 2 fully saturated rings. The second kappa shape index (κ2) is 35.9. The minimum absolute atomic E-state index is 0.216. The summed E-state index contributed by atoms with van der Waals surface area (Å²) in [6.07, 6.45) is 19.3. The van der Waals surface area contributed by atoms with E-state index in [-0.39, 0.29) is 12.5 Å². The molecule has 2 aliphatic heterocycles. The van der Waals surface area contributed by atoms with Crippen LogP contribution >= 0.6 is 0 Å². The third-order valence-electron chi connectivity index (χ3n) is 12.5. The van der Waals surface area contributed by atoms with Crippen LogP contribution in [0.4, 0.5) is 0 Å². The SMILES string of the molecule is CCCCCCCCC/C=C\CCCCCCCC(=O)NC(COC1OC(CO)C(OC2OC(CO)C(O)C(O)C2O)C(O)C1O)C(O)CCCCCCCCCCCCCC. The van der Waals surface area contributed by atoms with E-state index in [1.807, 2.05) is 0 Å². The number of allylic oxidation sites excluding steroid dienone is 2. The molecule has 0 aromatic carbocycles. The highest BCUT2D eigenvalue weighted by molar-refractivity contribution is 5.76. The molecule has 2 heterocycles. The third-order valence-corrected chi connectivity index (χ3v) is 12.5. The second-order valence-electron chi connectivity index (χ2n) is 17.9. The summed E-state index contributed by atoms with van der Waals surface area (Å²) in [6, 6.07) is -0.827. The number of aliphatic hydroxyl groups is 8. The molecule has 0 aromatic heterocycles. The number of carbonyl (C=O) groups is 1. The first-order valence-electron chi connectivity index (χ1n) is 24.9. The molecule has 366 valence electrons. The number of unbranched alkanes of at least 4 members (excludes halogenated alkanes) is 23. The van der Waals surface area contributed by atoms with Gasteiger partial charge < -0.3 is 65.1 Å². The summed E-state index contributed by atoms with van der Waals surface area (Å²) in [4.78, 5) is 13.2. The molecule has 2 saturated heterocycles. The molecule has 0 aromatic rings. The third kappa shape index (κ3) is 23.3. The molecule has 14 heteroatoms. The minimum Gasteiger partial charge on any atom is -0.394 e. The van der Waals surface area contributed by atoms with E-state index in [4.69, 9.17) is 18.9 Å². The molecule has 1 amide bonds. The Hall–Kier alpha value is -1.27. The average molecular weight is 890 g/mol. The fraction of sp³-hybridized carbons (Fsp3) is 0.938. The fourth-order valence-corrected chi connectivity index (χ4v) is 8.35. The zero-order valence-electron chi connectivity index (χ0n) is 38.6. The molecule has 12 atom stereocenters. The number of aliphatic hydroxyl groups excluding tert-OH is 8. The van der Waals surface area contributed by atoms with E-state index in [0.29, 0.717) is 19.3 Å². The van der Waals surface area contributed by atoms with Crippen molar-refractivity contribution in [1.29, 1.82) is 0 Å². The summed E-state index contributed by atoms with van der Waals surface area (Å²) in [5, 5.41) is 86.7. The molecule has 0 bridgehead atoms. The van der Waals surface area contributed by atoms with Crippen LogP contribution in [0.2, 0.25) is 0 Å². The van der Waals surface area contributed by atoms with E-state index in [0.717, 1.165) is 64.2 Å². The van der Waals surface area contributed by atoms with E-state index < -0.39 is 86.8 Å². The normalized spacial score (nSPS) is 27.8. The lowest BCUT2D eigenvalue weighted by Gasteiger charge is -2.46. The Morgan fingerprint density at radius 1 is 0.565 bits per heavy atom. The highest BCUT2D eigenvalue weighted by Gasteiger charge is 2.51. The van der Waals surface area contributed by atoms with Crippen LogP contribution in [0.1, 0.15) is 194 Å². The van der Waals surface area contributed by atoms with Gasteiger partial charge in [-0.3, -0.25) is 4.79 Å². The van der Waals surface area contributed by atoms with Gasteiger partial charge in [-0.05, 0) is 38.5 Å². The van der Waals surface area contributed by atoms with Gasteiger partial charge >= 0.3 is 0 Å². The number of nitrogens with one attached hydrogen (secondary N) is 1. The zero-order chi connectivity index (χ0) is 45.4. The van der Waals surface area contributed by atoms with Crippen LogP contribution < -0.4 is 5.32 Å². The standard InChI is InChI=1S/C48H91NO13/c1-3-5-7-9-11-13-15-17-18-19-20-22-24-26-28-30-32-40(53)49-36(37(52)31-29-27-25-23-21-16-14-12-10-8-6-4-2)35-59-47-45(58)43(56)46(39(34-51)61-47)62-48-44(57)42(55)41(54)38(33-50)60-48/h18-19,36-39,41-48,50-52,54-58H,3-17,20-35H2,1-2H3,(H,49,53)/b19-18-. The maximum atomic E-state index is 13.2. The molecule has 0 saturated carbocycles. The quantitative estimate of drug-likeness (QED) is 0.0257. The zero-order valence-corrected chi connectivity index (χ0v) is 38.6. The van der Waals surface area contributed by atoms with E-state index in [1.54, 1.807) is 0 Å². The lowest BCUT2D eigenvalue weighted by molar-refractivity contribution is -0.359. The lowest BCUT2D eigenvalue weighted by atomic mass is 9.97. The first-order chi connectivity index (χ1) is 30.1. The molecule has 14 nitrogen and oxygen atoms in total. The van der Waals surface area contributed by atoms with Crippen molar-refractivity contribution in [3.63, 3.8) is 0 Å². The summed E-state index contributed by atoms with van der Waals surface area (Å²) in [5.74, 6) is -0.216. The first-order valence-corrected chi connectivity index (χ1v) is 24.9. The smallest absolute Gasteiger partial charge is 0.220 e. The van der Waals surface area contributed by atoms with Gasteiger partial charge in [0.1, 0.15) is 48.8 Å². The van der Waals surface area contributed by atoms with Crippen LogP contribution in [-0.2, 0) is 23.7 Å². The van der Waals surface area contributed by atoms with Crippen molar-refractivity contribution in [1.82, 2.24) is 5.32 Å². The highest BCUT2D eigenvalue weighted by Crippen LogP contribution is 2.30. The van der Waals surface area contributed by atoms with Gasteiger partial charge in [0, 0.05) is 6.42 Å². The predicted octanol–water partition coefficient (Wildman–Crippen LogP) is 5.99. The Kier molecular flexibility index (Phi) is 32.9. The molecule has 62 heavy (non-hydrogen) atoms. The Labute approximate surface area is 374 Å². The molecule has 2 aliphatic rings. The molecule has 2 rings (SSSR count). The van der Waals surface area contributed by atoms with E-state index in [1.165, 1.54) is 96.3 Å². The van der Waals surface area contributed by atoms with Crippen molar-refractivity contribution in [2.45, 2.75) is 267 Å². The number of carbonyl (C=O) groups excluding carboxylic acids is 1. The Balaban J connectivity index is 1.84. The number of amides is 1. The number of hydrogen-bond acceptors (Lipinski definition) is 13. The van der Waals surface area contributed by atoms with Crippen molar-refractivity contribution in [2.24, 2.45) is 0 Å². The molecule has 0 radical (unpaired) electrons. The molecular formula is C48H91NO13. The average Bonchev–Trinajstić information content (AvgIpc) is 3.27. The summed E-state index contributed by atoms with van der Waals surface area (Å²) in [7, 11) is 0. The van der Waals surface area contributed by atoms with Crippen molar-refractivity contribution in [3.05, 3.63) is 12.2 Å². The Bertz CT molecular complexity index is 1100. The monoisotopic (exact) mass is 890 g/mol. The summed E-state index contributed by atoms with van der Waals surface area (Å²) < 4.78 is 22.7. The van der Waals surface area contributed by atoms with Gasteiger partial charge in [-0.1, -0.05) is 161 Å². The van der Waals surface area contributed by atoms with Gasteiger partial charge in [-0.25, -0.2) is 0 Å². The van der Waals surface area contributed by atoms with E-state index >= 15 is 0 Å². The molecule has 12 unspecified atom stereocenters. The number of rotatable bonds is 38. The van der Waals surface area contributed by atoms with Crippen LogP contribution in [0, 0.1) is 0 Å². The second-order valence-corrected chi connectivity index (χ2v) is 17.9. The maximum absolute atomic E-state index is 13.2. The number of ether oxygens (including phenoxy) is 4. The highest BCUT2D eigenvalue weighted by atomic mass is 16.7. The fourth-order valence-electron chi connectivity index (χ4n) is 8.35. The van der Waals surface area contributed by atoms with Crippen molar-refractivity contribution in [3.8, 4) is 0 Å². The Morgan fingerprint density at radius 2 is 1.02 bits per heavy atom.